The third kappa shape index (κ3) is 8.77. The Labute approximate surface area is 235 Å². The van der Waals surface area contributed by atoms with Crippen LogP contribution in [0.5, 0.6) is 0 Å². The fraction of sp³-hybridized carbons (Fsp3) is 0.241. The number of hydrogen-bond donors (Lipinski definition) is 5. The van der Waals surface area contributed by atoms with Crippen molar-refractivity contribution in [2.24, 2.45) is 0 Å². The molecule has 41 heavy (non-hydrogen) atoms. The summed E-state index contributed by atoms with van der Waals surface area (Å²) in [5.74, 6) is -1.80. The summed E-state index contributed by atoms with van der Waals surface area (Å²) in [6.07, 6.45) is 7.28. The number of benzene rings is 2. The predicted octanol–water partition coefficient (Wildman–Crippen LogP) is 4.11. The number of carbonyl (C=O) groups excluding carboxylic acids is 1. The number of hydrogen-bond acceptors (Lipinski definition) is 7. The SMILES string of the molecule is CC(=O)O.CC(=O)O.O=C(Nc1cccc(-c2ncc(F)cn2)c1)C1(c2ccc(-c3cn[nH]c3)cc2)CCNCC1. The van der Waals surface area contributed by atoms with E-state index < -0.39 is 23.2 Å². The highest BCUT2D eigenvalue weighted by Gasteiger charge is 2.41. The van der Waals surface area contributed by atoms with Crippen LogP contribution in [0.25, 0.3) is 22.5 Å². The lowest BCUT2D eigenvalue weighted by Gasteiger charge is -2.37. The standard InChI is InChI=1S/C25H23FN6O.2C2H4O2/c26-21-15-28-23(29-16-21)18-2-1-3-22(12-18)32-24(33)25(8-10-27-11-9-25)20-6-4-17(5-7-20)19-13-30-31-14-19;2*1-2(3)4/h1-7,12-16,27H,8-11H2,(H,30,31)(H,32,33);2*1H3,(H,3,4). The average molecular weight is 563 g/mol. The average Bonchev–Trinajstić information content (AvgIpc) is 3.49. The molecule has 0 spiro atoms. The first-order chi connectivity index (χ1) is 19.6. The smallest absolute Gasteiger partial charge is 0.300 e. The highest BCUT2D eigenvalue weighted by Crippen LogP contribution is 2.36. The van der Waals surface area contributed by atoms with Crippen molar-refractivity contribution in [2.75, 3.05) is 18.4 Å². The van der Waals surface area contributed by atoms with Gasteiger partial charge in [0.15, 0.2) is 11.6 Å². The van der Waals surface area contributed by atoms with Crippen LogP contribution >= 0.6 is 0 Å². The molecule has 1 amide bonds. The molecule has 3 heterocycles. The predicted molar refractivity (Wildman–Crippen MR) is 150 cm³/mol. The largest absolute Gasteiger partial charge is 0.481 e. The first-order valence-electron chi connectivity index (χ1n) is 12.7. The maximum atomic E-state index is 13.7. The summed E-state index contributed by atoms with van der Waals surface area (Å²) < 4.78 is 13.2. The minimum atomic E-state index is -0.833. The highest BCUT2D eigenvalue weighted by atomic mass is 19.1. The minimum absolute atomic E-state index is 0.0442. The first kappa shape index (κ1) is 30.6. The topological polar surface area (TPSA) is 170 Å². The molecular formula is C29H31FN6O5. The van der Waals surface area contributed by atoms with E-state index >= 15 is 0 Å². The summed E-state index contributed by atoms with van der Waals surface area (Å²) in [5.41, 5.74) is 3.76. The number of aliphatic carboxylic acids is 2. The van der Waals surface area contributed by atoms with E-state index in [1.54, 1.807) is 6.20 Å². The molecule has 2 aromatic carbocycles. The summed E-state index contributed by atoms with van der Waals surface area (Å²) in [6.45, 7) is 3.70. The fourth-order valence-electron chi connectivity index (χ4n) is 4.34. The van der Waals surface area contributed by atoms with Crippen LogP contribution in [0.2, 0.25) is 0 Å². The fourth-order valence-corrected chi connectivity index (χ4v) is 4.34. The summed E-state index contributed by atoms with van der Waals surface area (Å²) in [4.78, 5) is 39.7. The number of carboxylic acid groups (broad SMARTS) is 2. The van der Waals surface area contributed by atoms with Crippen LogP contribution in [0.1, 0.15) is 32.3 Å². The Bertz CT molecular complexity index is 1420. The number of aromatic amines is 1. The van der Waals surface area contributed by atoms with Crippen LogP contribution in [-0.4, -0.2) is 61.3 Å². The van der Waals surface area contributed by atoms with Crippen molar-refractivity contribution in [3.8, 4) is 22.5 Å². The maximum Gasteiger partial charge on any atom is 0.300 e. The monoisotopic (exact) mass is 562 g/mol. The van der Waals surface area contributed by atoms with Crippen molar-refractivity contribution >= 4 is 23.5 Å². The van der Waals surface area contributed by atoms with Gasteiger partial charge in [-0.2, -0.15) is 5.10 Å². The molecule has 1 fully saturated rings. The van der Waals surface area contributed by atoms with E-state index in [0.29, 0.717) is 29.9 Å². The van der Waals surface area contributed by atoms with Gasteiger partial charge in [-0.15, -0.1) is 0 Å². The van der Waals surface area contributed by atoms with E-state index in [2.05, 4.69) is 30.8 Å². The van der Waals surface area contributed by atoms with Crippen molar-refractivity contribution < 1.29 is 29.0 Å². The summed E-state index contributed by atoms with van der Waals surface area (Å²) in [5, 5.41) is 28.1. The normalized spacial score (nSPS) is 13.4. The molecule has 5 N–H and O–H groups in total. The molecule has 1 aliphatic heterocycles. The second-order valence-electron chi connectivity index (χ2n) is 9.19. The number of carboxylic acids is 2. The van der Waals surface area contributed by atoms with E-state index in [0.717, 1.165) is 56.0 Å². The maximum absolute atomic E-state index is 13.7. The quantitative estimate of drug-likeness (QED) is 0.240. The van der Waals surface area contributed by atoms with Crippen LogP contribution < -0.4 is 10.6 Å². The van der Waals surface area contributed by atoms with Gasteiger partial charge in [0.25, 0.3) is 11.9 Å². The molecular weight excluding hydrogens is 531 g/mol. The van der Waals surface area contributed by atoms with Gasteiger partial charge in [0.1, 0.15) is 0 Å². The van der Waals surface area contributed by atoms with E-state index in [4.69, 9.17) is 19.8 Å². The van der Waals surface area contributed by atoms with Gasteiger partial charge in [-0.05, 0) is 49.2 Å². The summed E-state index contributed by atoms with van der Waals surface area (Å²) in [6, 6.07) is 15.4. The molecule has 0 atom stereocenters. The molecule has 4 aromatic rings. The summed E-state index contributed by atoms with van der Waals surface area (Å²) >= 11 is 0. The van der Waals surface area contributed by atoms with E-state index in [-0.39, 0.29) is 5.91 Å². The number of halogens is 1. The number of rotatable bonds is 5. The van der Waals surface area contributed by atoms with Gasteiger partial charge in [0.2, 0.25) is 5.91 Å². The third-order valence-corrected chi connectivity index (χ3v) is 6.16. The number of piperidine rings is 1. The van der Waals surface area contributed by atoms with Gasteiger partial charge in [-0.3, -0.25) is 19.5 Å². The van der Waals surface area contributed by atoms with Gasteiger partial charge in [-0.1, -0.05) is 36.4 Å². The van der Waals surface area contributed by atoms with E-state index in [1.807, 2.05) is 54.7 Å². The number of H-pyrrole nitrogens is 1. The minimum Gasteiger partial charge on any atom is -0.481 e. The van der Waals surface area contributed by atoms with Gasteiger partial charge in [0, 0.05) is 36.9 Å². The summed E-state index contributed by atoms with van der Waals surface area (Å²) in [7, 11) is 0. The lowest BCUT2D eigenvalue weighted by atomic mass is 9.72. The number of nitrogens with one attached hydrogen (secondary N) is 3. The highest BCUT2D eigenvalue weighted by molar-refractivity contribution is 5.99. The van der Waals surface area contributed by atoms with Crippen LogP contribution in [0.4, 0.5) is 10.1 Å². The molecule has 0 unspecified atom stereocenters. The first-order valence-corrected chi connectivity index (χ1v) is 12.7. The lowest BCUT2D eigenvalue weighted by Crippen LogP contribution is -2.48. The molecule has 12 heteroatoms. The molecule has 11 nitrogen and oxygen atoms in total. The Kier molecular flexibility index (Phi) is 10.8. The van der Waals surface area contributed by atoms with Gasteiger partial charge < -0.3 is 20.8 Å². The molecule has 5 rings (SSSR count). The molecule has 0 aliphatic carbocycles. The zero-order valence-corrected chi connectivity index (χ0v) is 22.6. The van der Waals surface area contributed by atoms with Crippen molar-refractivity contribution in [3.63, 3.8) is 0 Å². The molecule has 1 saturated heterocycles. The van der Waals surface area contributed by atoms with Gasteiger partial charge in [0.05, 0.1) is 24.0 Å². The second-order valence-corrected chi connectivity index (χ2v) is 9.19. The Morgan fingerprint density at radius 1 is 0.878 bits per heavy atom. The van der Waals surface area contributed by atoms with Crippen molar-refractivity contribution in [1.29, 1.82) is 0 Å². The number of amides is 1. The number of carbonyl (C=O) groups is 3. The zero-order valence-electron chi connectivity index (χ0n) is 22.6. The Hall–Kier alpha value is -4.97. The van der Waals surface area contributed by atoms with Crippen molar-refractivity contribution in [1.82, 2.24) is 25.5 Å². The zero-order chi connectivity index (χ0) is 29.8. The van der Waals surface area contributed by atoms with Gasteiger partial charge in [-0.25, -0.2) is 14.4 Å². The number of anilines is 1. The second kappa shape index (κ2) is 14.4. The molecule has 0 bridgehead atoms. The molecule has 2 aromatic heterocycles. The molecule has 0 radical (unpaired) electrons. The Balaban J connectivity index is 0.000000515. The van der Waals surface area contributed by atoms with Crippen molar-refractivity contribution in [3.05, 3.63) is 84.7 Å². The van der Waals surface area contributed by atoms with Gasteiger partial charge >= 0.3 is 0 Å². The van der Waals surface area contributed by atoms with Crippen LogP contribution in [-0.2, 0) is 19.8 Å². The van der Waals surface area contributed by atoms with Crippen LogP contribution in [0.3, 0.4) is 0 Å². The Morgan fingerprint density at radius 2 is 1.49 bits per heavy atom. The molecule has 0 saturated carbocycles. The van der Waals surface area contributed by atoms with E-state index in [1.165, 1.54) is 0 Å². The number of nitrogens with zero attached hydrogens (tertiary/aromatic N) is 3. The molecule has 214 valence electrons. The Morgan fingerprint density at radius 3 is 2.05 bits per heavy atom. The van der Waals surface area contributed by atoms with Crippen LogP contribution in [0, 0.1) is 5.82 Å². The van der Waals surface area contributed by atoms with Crippen molar-refractivity contribution in [2.45, 2.75) is 32.1 Å². The van der Waals surface area contributed by atoms with E-state index in [9.17, 15) is 9.18 Å². The third-order valence-electron chi connectivity index (χ3n) is 6.16. The molecule has 1 aliphatic rings. The number of aromatic nitrogens is 4. The lowest BCUT2D eigenvalue weighted by molar-refractivity contribution is -0.135. The van der Waals surface area contributed by atoms with Crippen LogP contribution in [0.15, 0.2) is 73.3 Å².